The van der Waals surface area contributed by atoms with Crippen LogP contribution in [-0.2, 0) is 11.3 Å². The van der Waals surface area contributed by atoms with Gasteiger partial charge in [-0.25, -0.2) is 4.79 Å². The molecule has 0 spiro atoms. The number of cyclic esters (lactones) is 1. The number of rotatable bonds is 3. The van der Waals surface area contributed by atoms with Gasteiger partial charge in [-0.2, -0.15) is 0 Å². The largest absolute Gasteiger partial charge is 0.496 e. The minimum atomic E-state index is -0.326. The van der Waals surface area contributed by atoms with Crippen LogP contribution < -0.4 is 10.1 Å². The van der Waals surface area contributed by atoms with Crippen molar-refractivity contribution in [2.24, 2.45) is 0 Å². The van der Waals surface area contributed by atoms with E-state index in [9.17, 15) is 9.59 Å². The molecule has 3 rings (SSSR count). The summed E-state index contributed by atoms with van der Waals surface area (Å²) in [5.74, 6) is -0.0834. The van der Waals surface area contributed by atoms with Gasteiger partial charge in [0.2, 0.25) is 0 Å². The zero-order valence-electron chi connectivity index (χ0n) is 11.4. The first-order valence-corrected chi connectivity index (χ1v) is 6.43. The van der Waals surface area contributed by atoms with Gasteiger partial charge in [0.25, 0.3) is 5.91 Å². The molecule has 0 aliphatic carbocycles. The monoisotopic (exact) mass is 283 g/mol. The number of methoxy groups -OCH3 is 1. The normalized spacial score (nSPS) is 12.5. The van der Waals surface area contributed by atoms with Crippen LogP contribution in [0.4, 0.5) is 5.69 Å². The van der Waals surface area contributed by atoms with Gasteiger partial charge >= 0.3 is 5.97 Å². The highest BCUT2D eigenvalue weighted by Crippen LogP contribution is 2.24. The second kappa shape index (κ2) is 5.28. The third kappa shape index (κ3) is 2.45. The van der Waals surface area contributed by atoms with Crippen molar-refractivity contribution >= 4 is 17.6 Å². The molecular weight excluding hydrogens is 270 g/mol. The van der Waals surface area contributed by atoms with E-state index in [1.165, 1.54) is 7.11 Å². The summed E-state index contributed by atoms with van der Waals surface area (Å²) in [7, 11) is 1.52. The van der Waals surface area contributed by atoms with Crippen molar-refractivity contribution in [1.82, 2.24) is 0 Å². The van der Waals surface area contributed by atoms with Crippen LogP contribution in [0.25, 0.3) is 0 Å². The maximum absolute atomic E-state index is 12.3. The number of carbonyl (C=O) groups excluding carboxylic acids is 2. The molecule has 0 bridgehead atoms. The van der Waals surface area contributed by atoms with Gasteiger partial charge in [0.15, 0.2) is 0 Å². The highest BCUT2D eigenvalue weighted by molar-refractivity contribution is 6.06. The second-order valence-corrected chi connectivity index (χ2v) is 4.60. The number of benzene rings is 2. The van der Waals surface area contributed by atoms with Crippen molar-refractivity contribution in [2.45, 2.75) is 6.61 Å². The van der Waals surface area contributed by atoms with Crippen LogP contribution in [0.2, 0.25) is 0 Å². The molecule has 106 valence electrons. The first-order chi connectivity index (χ1) is 10.2. The van der Waals surface area contributed by atoms with E-state index in [4.69, 9.17) is 9.47 Å². The van der Waals surface area contributed by atoms with Crippen molar-refractivity contribution in [1.29, 1.82) is 0 Å². The van der Waals surface area contributed by atoms with Crippen LogP contribution in [0.3, 0.4) is 0 Å². The number of fused-ring (bicyclic) bond motifs is 1. The molecular formula is C16H13NO4. The number of amides is 1. The second-order valence-electron chi connectivity index (χ2n) is 4.60. The molecule has 0 aromatic heterocycles. The van der Waals surface area contributed by atoms with Crippen LogP contribution in [0, 0.1) is 0 Å². The number of ether oxygens (including phenoxy) is 2. The van der Waals surface area contributed by atoms with Gasteiger partial charge in [0.05, 0.1) is 18.2 Å². The third-order valence-corrected chi connectivity index (χ3v) is 3.29. The summed E-state index contributed by atoms with van der Waals surface area (Å²) < 4.78 is 10.1. The standard InChI is InChI=1S/C16H13NO4/c1-20-14-5-3-2-4-13(14)15(18)17-11-6-7-12-10(8-11)9-21-16(12)19/h2-8H,9H2,1H3,(H,17,18). The molecule has 2 aromatic rings. The van der Waals surface area contributed by atoms with Crippen molar-refractivity contribution in [3.8, 4) is 5.75 Å². The number of para-hydroxylation sites is 1. The van der Waals surface area contributed by atoms with Gasteiger partial charge in [0.1, 0.15) is 12.4 Å². The fourth-order valence-electron chi connectivity index (χ4n) is 2.24. The van der Waals surface area contributed by atoms with Crippen LogP contribution in [0.5, 0.6) is 5.75 Å². The molecule has 0 fully saturated rings. The van der Waals surface area contributed by atoms with E-state index in [1.54, 1.807) is 42.5 Å². The van der Waals surface area contributed by atoms with Gasteiger partial charge < -0.3 is 14.8 Å². The zero-order chi connectivity index (χ0) is 14.8. The van der Waals surface area contributed by atoms with Crippen LogP contribution >= 0.6 is 0 Å². The Hall–Kier alpha value is -2.82. The van der Waals surface area contributed by atoms with Crippen molar-refractivity contribution < 1.29 is 19.1 Å². The van der Waals surface area contributed by atoms with E-state index in [2.05, 4.69) is 5.32 Å². The Balaban J connectivity index is 1.84. The minimum Gasteiger partial charge on any atom is -0.496 e. The fraction of sp³-hybridized carbons (Fsp3) is 0.125. The summed E-state index contributed by atoms with van der Waals surface area (Å²) in [6.07, 6.45) is 0. The molecule has 5 nitrogen and oxygen atoms in total. The first kappa shape index (κ1) is 13.2. The van der Waals surface area contributed by atoms with E-state index in [-0.39, 0.29) is 18.5 Å². The third-order valence-electron chi connectivity index (χ3n) is 3.29. The zero-order valence-corrected chi connectivity index (χ0v) is 11.4. The Kier molecular flexibility index (Phi) is 3.31. The number of anilines is 1. The lowest BCUT2D eigenvalue weighted by Gasteiger charge is -2.09. The van der Waals surface area contributed by atoms with E-state index in [0.29, 0.717) is 22.6 Å². The SMILES string of the molecule is COc1ccccc1C(=O)Nc1ccc2c(c1)COC2=O. The molecule has 1 heterocycles. The predicted octanol–water partition coefficient (Wildman–Crippen LogP) is 2.62. The molecule has 1 aliphatic rings. The summed E-state index contributed by atoms with van der Waals surface area (Å²) in [6, 6.07) is 12.1. The molecule has 0 atom stereocenters. The number of hydrogen-bond donors (Lipinski definition) is 1. The molecule has 2 aromatic carbocycles. The lowest BCUT2D eigenvalue weighted by atomic mass is 10.1. The Labute approximate surface area is 121 Å². The number of nitrogens with one attached hydrogen (secondary N) is 1. The van der Waals surface area contributed by atoms with Gasteiger partial charge in [-0.3, -0.25) is 4.79 Å². The molecule has 0 radical (unpaired) electrons. The Morgan fingerprint density at radius 2 is 2.05 bits per heavy atom. The quantitative estimate of drug-likeness (QED) is 0.879. The molecule has 1 aliphatic heterocycles. The molecule has 0 saturated heterocycles. The smallest absolute Gasteiger partial charge is 0.338 e. The maximum Gasteiger partial charge on any atom is 0.338 e. The lowest BCUT2D eigenvalue weighted by molar-refractivity contribution is 0.0535. The summed E-state index contributed by atoms with van der Waals surface area (Å²) in [4.78, 5) is 23.6. The summed E-state index contributed by atoms with van der Waals surface area (Å²) in [6.45, 7) is 0.243. The molecule has 21 heavy (non-hydrogen) atoms. The van der Waals surface area contributed by atoms with Crippen molar-refractivity contribution in [3.63, 3.8) is 0 Å². The Morgan fingerprint density at radius 1 is 1.24 bits per heavy atom. The van der Waals surface area contributed by atoms with E-state index >= 15 is 0 Å². The average molecular weight is 283 g/mol. The van der Waals surface area contributed by atoms with E-state index < -0.39 is 0 Å². The molecule has 0 unspecified atom stereocenters. The summed E-state index contributed by atoms with van der Waals surface area (Å²) in [5.41, 5.74) is 2.39. The Morgan fingerprint density at radius 3 is 2.86 bits per heavy atom. The highest BCUT2D eigenvalue weighted by Gasteiger charge is 2.21. The maximum atomic E-state index is 12.3. The molecule has 0 saturated carbocycles. The van der Waals surface area contributed by atoms with Crippen molar-refractivity contribution in [3.05, 3.63) is 59.2 Å². The number of hydrogen-bond acceptors (Lipinski definition) is 4. The predicted molar refractivity (Wildman–Crippen MR) is 76.5 cm³/mol. The van der Waals surface area contributed by atoms with Gasteiger partial charge in [0, 0.05) is 11.3 Å². The Bertz CT molecular complexity index is 724. The van der Waals surface area contributed by atoms with Crippen LogP contribution in [0.15, 0.2) is 42.5 Å². The van der Waals surface area contributed by atoms with E-state index in [0.717, 1.165) is 5.56 Å². The first-order valence-electron chi connectivity index (χ1n) is 6.43. The van der Waals surface area contributed by atoms with E-state index in [1.807, 2.05) is 0 Å². The molecule has 5 heteroatoms. The molecule has 1 N–H and O–H groups in total. The number of carbonyl (C=O) groups is 2. The molecule has 1 amide bonds. The van der Waals surface area contributed by atoms with Gasteiger partial charge in [-0.05, 0) is 30.3 Å². The summed E-state index contributed by atoms with van der Waals surface area (Å²) in [5, 5.41) is 2.79. The average Bonchev–Trinajstić information content (AvgIpc) is 2.88. The highest BCUT2D eigenvalue weighted by atomic mass is 16.5. The van der Waals surface area contributed by atoms with Crippen LogP contribution in [-0.4, -0.2) is 19.0 Å². The summed E-state index contributed by atoms with van der Waals surface area (Å²) >= 11 is 0. The van der Waals surface area contributed by atoms with Gasteiger partial charge in [-0.1, -0.05) is 12.1 Å². The minimum absolute atomic E-state index is 0.243. The van der Waals surface area contributed by atoms with Crippen molar-refractivity contribution in [2.75, 3.05) is 12.4 Å². The van der Waals surface area contributed by atoms with Crippen LogP contribution in [0.1, 0.15) is 26.3 Å². The lowest BCUT2D eigenvalue weighted by Crippen LogP contribution is -2.13. The number of esters is 1. The topological polar surface area (TPSA) is 64.6 Å². The van der Waals surface area contributed by atoms with Gasteiger partial charge in [-0.15, -0.1) is 0 Å². The fourth-order valence-corrected chi connectivity index (χ4v) is 2.24.